The van der Waals surface area contributed by atoms with E-state index in [9.17, 15) is 39.0 Å². The predicted octanol–water partition coefficient (Wildman–Crippen LogP) is -2.57. The summed E-state index contributed by atoms with van der Waals surface area (Å²) in [5.41, 5.74) is 5.56. The average molecular weight is 539 g/mol. The number of carboxylic acids is 1. The number of aliphatic carboxylic acids is 1. The molecule has 0 fully saturated rings. The lowest BCUT2D eigenvalue weighted by molar-refractivity contribution is -0.136. The first-order valence-corrected chi connectivity index (χ1v) is 12.2. The van der Waals surface area contributed by atoms with Crippen LogP contribution in [0.3, 0.4) is 0 Å². The summed E-state index contributed by atoms with van der Waals surface area (Å²) in [5, 5.41) is 30.6. The van der Waals surface area contributed by atoms with Crippen LogP contribution in [0, 0.1) is 0 Å². The minimum Gasteiger partial charge on any atom is -0.480 e. The molecule has 0 aromatic heterocycles. The van der Waals surface area contributed by atoms with E-state index in [1.165, 1.54) is 26.1 Å². The summed E-state index contributed by atoms with van der Waals surface area (Å²) in [5.74, 6) is -5.44. The Kier molecular flexibility index (Phi) is 10.8. The number of carboxylic acid groups (broad SMARTS) is 1. The van der Waals surface area contributed by atoms with E-state index < -0.39 is 78.0 Å². The molecule has 37 heavy (non-hydrogen) atoms. The first-order chi connectivity index (χ1) is 17.5. The molecule has 0 saturated carbocycles. The third kappa shape index (κ3) is 8.16. The van der Waals surface area contributed by atoms with E-state index in [-0.39, 0.29) is 17.0 Å². The van der Waals surface area contributed by atoms with Crippen molar-refractivity contribution in [1.82, 2.24) is 21.3 Å². The Hall–Kier alpha value is -3.69. The van der Waals surface area contributed by atoms with E-state index >= 15 is 0 Å². The van der Waals surface area contributed by atoms with Crippen LogP contribution in [0.2, 0.25) is 0 Å². The highest BCUT2D eigenvalue weighted by atomic mass is 32.2. The standard InChI is InChI=1S/C22H30N6O8S/c1-10-18(31)27-13(7-16(23)30)19(32)26-12-6-4-3-5-11(12)17(22(35)36)37-9-15(24-2)21(34)28-14(8-29)20(33)25-10/h3-6,10,13-15,17,24,29H,7-9H2,1-2H3,(H2,23,30)(H,25,33)(H,26,32)(H,27,31)(H,28,34)(H,35,36)/t10?,13-,14?,15?,17?/m0/s1. The summed E-state index contributed by atoms with van der Waals surface area (Å²) in [6.07, 6.45) is -0.573. The number of anilines is 1. The zero-order chi connectivity index (χ0) is 27.7. The fourth-order valence-corrected chi connectivity index (χ4v) is 4.62. The Morgan fingerprint density at radius 1 is 1.03 bits per heavy atom. The van der Waals surface area contributed by atoms with Crippen molar-refractivity contribution in [2.75, 3.05) is 24.7 Å². The summed E-state index contributed by atoms with van der Waals surface area (Å²) in [6, 6.07) is 1.04. The highest BCUT2D eigenvalue weighted by molar-refractivity contribution is 8.00. The highest BCUT2D eigenvalue weighted by Gasteiger charge is 2.32. The van der Waals surface area contributed by atoms with Crippen LogP contribution in [0.1, 0.15) is 24.2 Å². The lowest BCUT2D eigenvalue weighted by Gasteiger charge is -2.23. The Balaban J connectivity index is 2.52. The van der Waals surface area contributed by atoms with Gasteiger partial charge in [0.2, 0.25) is 29.5 Å². The summed E-state index contributed by atoms with van der Waals surface area (Å²) in [6.45, 7) is 0.518. The van der Waals surface area contributed by atoms with Gasteiger partial charge in [-0.2, -0.15) is 0 Å². The Morgan fingerprint density at radius 2 is 1.68 bits per heavy atom. The number of likely N-dealkylation sites (N-methyl/N-ethyl adjacent to an activating group) is 1. The average Bonchev–Trinajstić information content (AvgIpc) is 2.84. The topological polar surface area (TPSA) is 229 Å². The number of carbonyl (C=O) groups is 6. The van der Waals surface area contributed by atoms with Gasteiger partial charge < -0.3 is 42.5 Å². The highest BCUT2D eigenvalue weighted by Crippen LogP contribution is 2.34. The summed E-state index contributed by atoms with van der Waals surface area (Å²) >= 11 is 0.891. The fourth-order valence-electron chi connectivity index (χ4n) is 3.39. The second-order valence-corrected chi connectivity index (χ2v) is 9.31. The number of carbonyl (C=O) groups excluding carboxylic acids is 5. The Labute approximate surface area is 216 Å². The molecule has 1 aliphatic heterocycles. The van der Waals surface area contributed by atoms with E-state index in [4.69, 9.17) is 5.73 Å². The first-order valence-electron chi connectivity index (χ1n) is 11.2. The van der Waals surface area contributed by atoms with E-state index in [1.54, 1.807) is 12.1 Å². The largest absolute Gasteiger partial charge is 0.480 e. The van der Waals surface area contributed by atoms with Crippen molar-refractivity contribution in [1.29, 1.82) is 0 Å². The number of nitrogens with two attached hydrogens (primary N) is 1. The number of amides is 5. The summed E-state index contributed by atoms with van der Waals surface area (Å²) in [4.78, 5) is 74.8. The normalized spacial score (nSPS) is 26.0. The lowest BCUT2D eigenvalue weighted by atomic mass is 10.1. The molecule has 0 spiro atoms. The van der Waals surface area contributed by atoms with Gasteiger partial charge in [-0.15, -0.1) is 11.8 Å². The molecule has 0 bridgehead atoms. The number of rotatable bonds is 5. The number of thioether (sulfide) groups is 1. The first kappa shape index (κ1) is 29.5. The lowest BCUT2D eigenvalue weighted by Crippen LogP contribution is -2.58. The number of aliphatic hydroxyl groups excluding tert-OH is 1. The number of primary amides is 1. The minimum atomic E-state index is -1.44. The van der Waals surface area contributed by atoms with Crippen molar-refractivity contribution in [2.45, 2.75) is 42.8 Å². The third-order valence-corrected chi connectivity index (χ3v) is 6.74. The molecule has 0 saturated heterocycles. The summed E-state index contributed by atoms with van der Waals surface area (Å²) < 4.78 is 0. The van der Waals surface area contributed by atoms with Gasteiger partial charge in [0.25, 0.3) is 0 Å². The number of nitrogens with one attached hydrogen (secondary N) is 5. The van der Waals surface area contributed by atoms with Crippen molar-refractivity contribution in [3.8, 4) is 0 Å². The predicted molar refractivity (Wildman–Crippen MR) is 133 cm³/mol. The SMILES string of the molecule is CNC1CSC(C(=O)O)c2ccccc2NC(=O)[C@H](CC(N)=O)NC(=O)C(C)NC(=O)C(CO)NC1=O. The van der Waals surface area contributed by atoms with E-state index in [2.05, 4.69) is 26.6 Å². The van der Waals surface area contributed by atoms with Crippen molar-refractivity contribution in [3.63, 3.8) is 0 Å². The quantitative estimate of drug-likeness (QED) is 0.195. The number of hydrogen-bond donors (Lipinski definition) is 8. The molecule has 9 N–H and O–H groups in total. The molecule has 0 aliphatic carbocycles. The number of fused-ring (bicyclic) bond motifs is 1. The van der Waals surface area contributed by atoms with Crippen molar-refractivity contribution < 1.29 is 39.0 Å². The van der Waals surface area contributed by atoms with Crippen LogP contribution >= 0.6 is 11.8 Å². The number of benzene rings is 1. The van der Waals surface area contributed by atoms with Crippen LogP contribution in [0.15, 0.2) is 24.3 Å². The van der Waals surface area contributed by atoms with Gasteiger partial charge in [-0.3, -0.25) is 28.8 Å². The summed E-state index contributed by atoms with van der Waals surface area (Å²) in [7, 11) is 1.47. The maximum Gasteiger partial charge on any atom is 0.321 e. The van der Waals surface area contributed by atoms with Gasteiger partial charge in [0, 0.05) is 11.4 Å². The molecule has 2 rings (SSSR count). The van der Waals surface area contributed by atoms with Crippen LogP contribution in [0.25, 0.3) is 0 Å². The molecule has 202 valence electrons. The fraction of sp³-hybridized carbons (Fsp3) is 0.455. The molecule has 5 atom stereocenters. The van der Waals surface area contributed by atoms with Gasteiger partial charge in [0.05, 0.1) is 19.1 Å². The molecule has 5 amide bonds. The van der Waals surface area contributed by atoms with E-state index in [0.717, 1.165) is 11.8 Å². The number of para-hydroxylation sites is 1. The molecule has 14 nitrogen and oxygen atoms in total. The molecule has 4 unspecified atom stereocenters. The number of hydrogen-bond acceptors (Lipinski definition) is 9. The van der Waals surface area contributed by atoms with Gasteiger partial charge in [-0.1, -0.05) is 18.2 Å². The number of aliphatic hydroxyl groups is 1. The van der Waals surface area contributed by atoms with Crippen molar-refractivity contribution in [3.05, 3.63) is 29.8 Å². The molecule has 15 heteroatoms. The molecular formula is C22H30N6O8S. The van der Waals surface area contributed by atoms with Crippen molar-refractivity contribution >= 4 is 53.0 Å². The molecule has 1 aromatic carbocycles. The van der Waals surface area contributed by atoms with Crippen molar-refractivity contribution in [2.24, 2.45) is 5.73 Å². The van der Waals surface area contributed by atoms with Gasteiger partial charge in [0.1, 0.15) is 23.4 Å². The maximum atomic E-state index is 13.0. The Bertz CT molecular complexity index is 1050. The van der Waals surface area contributed by atoms with Crippen LogP contribution in [-0.2, 0) is 28.8 Å². The maximum absolute atomic E-state index is 13.0. The van der Waals surface area contributed by atoms with Crippen LogP contribution in [0.4, 0.5) is 5.69 Å². The third-order valence-electron chi connectivity index (χ3n) is 5.43. The van der Waals surface area contributed by atoms with E-state index in [0.29, 0.717) is 0 Å². The Morgan fingerprint density at radius 3 is 2.27 bits per heavy atom. The van der Waals surface area contributed by atoms with Gasteiger partial charge in [-0.05, 0) is 25.6 Å². The smallest absolute Gasteiger partial charge is 0.321 e. The van der Waals surface area contributed by atoms with Gasteiger partial charge in [0.15, 0.2) is 0 Å². The molecular weight excluding hydrogens is 508 g/mol. The molecule has 0 radical (unpaired) electrons. The second kappa shape index (κ2) is 13.6. The van der Waals surface area contributed by atoms with Gasteiger partial charge in [-0.25, -0.2) is 0 Å². The van der Waals surface area contributed by atoms with Gasteiger partial charge >= 0.3 is 5.97 Å². The van der Waals surface area contributed by atoms with Crippen LogP contribution in [-0.4, -0.2) is 89.3 Å². The van der Waals surface area contributed by atoms with Crippen LogP contribution in [0.5, 0.6) is 0 Å². The molecule has 1 heterocycles. The zero-order valence-electron chi connectivity index (χ0n) is 20.1. The molecule has 1 aliphatic rings. The van der Waals surface area contributed by atoms with Crippen LogP contribution < -0.4 is 32.3 Å². The molecule has 1 aromatic rings. The monoisotopic (exact) mass is 538 g/mol. The minimum absolute atomic E-state index is 0.0535. The zero-order valence-corrected chi connectivity index (χ0v) is 21.0. The second-order valence-electron chi connectivity index (χ2n) is 8.18. The van der Waals surface area contributed by atoms with E-state index in [1.807, 2.05) is 0 Å².